The van der Waals surface area contributed by atoms with Crippen molar-refractivity contribution in [2.24, 2.45) is 0 Å². The highest BCUT2D eigenvalue weighted by atomic mass is 32.2. The largest absolute Gasteiger partial charge is 0.462 e. The average molecular weight is 320 g/mol. The van der Waals surface area contributed by atoms with Gasteiger partial charge in [0.2, 0.25) is 0 Å². The van der Waals surface area contributed by atoms with E-state index in [0.29, 0.717) is 0 Å². The van der Waals surface area contributed by atoms with Crippen LogP contribution in [0.5, 0.6) is 0 Å². The third-order valence-corrected chi connectivity index (χ3v) is 4.99. The quantitative estimate of drug-likeness (QED) is 0.787. The minimum Gasteiger partial charge on any atom is -0.462 e. The first-order valence-electron chi connectivity index (χ1n) is 6.25. The Morgan fingerprint density at radius 2 is 1.95 bits per heavy atom. The first-order valence-corrected chi connectivity index (χ1v) is 8.55. The van der Waals surface area contributed by atoms with E-state index in [2.05, 4.69) is 9.44 Å². The molecule has 1 aromatic rings. The van der Waals surface area contributed by atoms with Gasteiger partial charge in [0.05, 0.1) is 12.2 Å². The third-order valence-electron chi connectivity index (χ3n) is 2.48. The molecule has 1 rings (SSSR count). The zero-order valence-corrected chi connectivity index (χ0v) is 13.9. The van der Waals surface area contributed by atoms with Gasteiger partial charge in [0.25, 0.3) is 10.2 Å². The van der Waals surface area contributed by atoms with E-state index in [1.54, 1.807) is 27.7 Å². The summed E-state index contributed by atoms with van der Waals surface area (Å²) >= 11 is 1.22. The second kappa shape index (κ2) is 6.55. The number of esters is 1. The molecule has 1 heterocycles. The first kappa shape index (κ1) is 16.9. The van der Waals surface area contributed by atoms with E-state index in [-0.39, 0.29) is 23.2 Å². The fourth-order valence-corrected chi connectivity index (χ4v) is 4.03. The van der Waals surface area contributed by atoms with Gasteiger partial charge in [-0.25, -0.2) is 4.79 Å². The van der Waals surface area contributed by atoms with Crippen LogP contribution in [-0.2, 0) is 14.9 Å². The summed E-state index contributed by atoms with van der Waals surface area (Å²) in [6, 6.07) is -0.235. The van der Waals surface area contributed by atoms with Gasteiger partial charge < -0.3 is 4.74 Å². The van der Waals surface area contributed by atoms with Crippen LogP contribution in [0.15, 0.2) is 0 Å². The SMILES string of the molecule is CCOC(=O)c1c(NS(=O)(=O)NC(C)C)sc(C)c1C. The number of carbonyl (C=O) groups is 1. The molecule has 0 atom stereocenters. The highest BCUT2D eigenvalue weighted by Gasteiger charge is 2.24. The number of hydrogen-bond donors (Lipinski definition) is 2. The number of nitrogens with one attached hydrogen (secondary N) is 2. The molecule has 0 amide bonds. The molecular formula is C12H20N2O4S2. The van der Waals surface area contributed by atoms with Gasteiger partial charge >= 0.3 is 5.97 Å². The van der Waals surface area contributed by atoms with Crippen molar-refractivity contribution in [2.75, 3.05) is 11.3 Å². The summed E-state index contributed by atoms with van der Waals surface area (Å²) in [5.74, 6) is -0.517. The molecule has 8 heteroatoms. The Balaban J connectivity index is 3.13. The van der Waals surface area contributed by atoms with Crippen LogP contribution in [0.25, 0.3) is 0 Å². The topological polar surface area (TPSA) is 84.5 Å². The number of carbonyl (C=O) groups excluding carboxylic acids is 1. The van der Waals surface area contributed by atoms with Crippen LogP contribution in [0, 0.1) is 13.8 Å². The lowest BCUT2D eigenvalue weighted by atomic mass is 10.2. The molecule has 0 radical (unpaired) electrons. The minimum atomic E-state index is -3.71. The van der Waals surface area contributed by atoms with E-state index in [4.69, 9.17) is 4.74 Å². The van der Waals surface area contributed by atoms with Crippen LogP contribution < -0.4 is 9.44 Å². The summed E-state index contributed by atoms with van der Waals surface area (Å²) in [6.45, 7) is 8.98. The zero-order valence-electron chi connectivity index (χ0n) is 12.2. The van der Waals surface area contributed by atoms with Gasteiger partial charge in [-0.05, 0) is 40.2 Å². The van der Waals surface area contributed by atoms with E-state index in [0.717, 1.165) is 10.4 Å². The predicted molar refractivity (Wildman–Crippen MR) is 80.6 cm³/mol. The Morgan fingerprint density at radius 1 is 1.35 bits per heavy atom. The molecule has 1 aromatic heterocycles. The molecule has 0 saturated carbocycles. The maximum absolute atomic E-state index is 11.9. The van der Waals surface area contributed by atoms with Gasteiger partial charge in [0.1, 0.15) is 5.00 Å². The molecule has 0 aliphatic carbocycles. The Hall–Kier alpha value is -1.12. The second-order valence-electron chi connectivity index (χ2n) is 4.59. The highest BCUT2D eigenvalue weighted by molar-refractivity contribution is 7.91. The van der Waals surface area contributed by atoms with Crippen molar-refractivity contribution in [3.05, 3.63) is 16.0 Å². The molecule has 114 valence electrons. The summed E-state index contributed by atoms with van der Waals surface area (Å²) in [5, 5.41) is 0.284. The second-order valence-corrected chi connectivity index (χ2v) is 7.26. The number of thiophene rings is 1. The van der Waals surface area contributed by atoms with E-state index in [1.165, 1.54) is 11.3 Å². The Bertz CT molecular complexity index is 591. The van der Waals surface area contributed by atoms with Gasteiger partial charge in [-0.3, -0.25) is 4.72 Å². The van der Waals surface area contributed by atoms with Crippen molar-refractivity contribution in [1.82, 2.24) is 4.72 Å². The fraction of sp³-hybridized carbons (Fsp3) is 0.583. The number of rotatable bonds is 6. The lowest BCUT2D eigenvalue weighted by Gasteiger charge is -2.11. The van der Waals surface area contributed by atoms with Gasteiger partial charge in [0.15, 0.2) is 0 Å². The van der Waals surface area contributed by atoms with Crippen molar-refractivity contribution in [3.63, 3.8) is 0 Å². The molecule has 20 heavy (non-hydrogen) atoms. The molecule has 0 saturated heterocycles. The summed E-state index contributed by atoms with van der Waals surface area (Å²) < 4.78 is 33.6. The van der Waals surface area contributed by atoms with Crippen molar-refractivity contribution in [2.45, 2.75) is 40.7 Å². The number of anilines is 1. The van der Waals surface area contributed by atoms with Gasteiger partial charge in [-0.1, -0.05) is 0 Å². The van der Waals surface area contributed by atoms with Crippen molar-refractivity contribution in [1.29, 1.82) is 0 Å². The normalized spacial score (nSPS) is 11.7. The van der Waals surface area contributed by atoms with Crippen molar-refractivity contribution in [3.8, 4) is 0 Å². The summed E-state index contributed by atoms with van der Waals surface area (Å²) in [7, 11) is -3.71. The van der Waals surface area contributed by atoms with Gasteiger partial charge in [-0.15, -0.1) is 11.3 Å². The van der Waals surface area contributed by atoms with Crippen LogP contribution >= 0.6 is 11.3 Å². The zero-order chi connectivity index (χ0) is 15.5. The molecule has 0 aliphatic rings. The molecular weight excluding hydrogens is 300 g/mol. The van der Waals surface area contributed by atoms with E-state index < -0.39 is 16.2 Å². The number of aryl methyl sites for hydroxylation is 1. The molecule has 0 unspecified atom stereocenters. The lowest BCUT2D eigenvalue weighted by Crippen LogP contribution is -2.35. The van der Waals surface area contributed by atoms with Crippen LogP contribution in [0.2, 0.25) is 0 Å². The summed E-state index contributed by atoms with van der Waals surface area (Å²) in [4.78, 5) is 12.8. The molecule has 0 spiro atoms. The molecule has 6 nitrogen and oxygen atoms in total. The van der Waals surface area contributed by atoms with Gasteiger partial charge in [-0.2, -0.15) is 13.1 Å². The molecule has 0 aliphatic heterocycles. The van der Waals surface area contributed by atoms with Crippen molar-refractivity contribution < 1.29 is 17.9 Å². The van der Waals surface area contributed by atoms with Crippen LogP contribution in [-0.4, -0.2) is 27.0 Å². The molecule has 2 N–H and O–H groups in total. The Kier molecular flexibility index (Phi) is 5.55. The predicted octanol–water partition coefficient (Wildman–Crippen LogP) is 2.20. The first-order chi connectivity index (χ1) is 9.18. The number of hydrogen-bond acceptors (Lipinski definition) is 5. The maximum Gasteiger partial charge on any atom is 0.341 e. The Morgan fingerprint density at radius 3 is 2.45 bits per heavy atom. The number of ether oxygens (including phenoxy) is 1. The van der Waals surface area contributed by atoms with E-state index >= 15 is 0 Å². The smallest absolute Gasteiger partial charge is 0.341 e. The average Bonchev–Trinajstić information content (AvgIpc) is 2.51. The van der Waals surface area contributed by atoms with Crippen LogP contribution in [0.3, 0.4) is 0 Å². The van der Waals surface area contributed by atoms with Crippen molar-refractivity contribution >= 4 is 32.5 Å². The third kappa shape index (κ3) is 4.19. The maximum atomic E-state index is 11.9. The minimum absolute atomic E-state index is 0.235. The highest BCUT2D eigenvalue weighted by Crippen LogP contribution is 2.33. The van der Waals surface area contributed by atoms with Gasteiger partial charge in [0, 0.05) is 10.9 Å². The van der Waals surface area contributed by atoms with Crippen LogP contribution in [0.4, 0.5) is 5.00 Å². The fourth-order valence-electron chi connectivity index (χ4n) is 1.61. The lowest BCUT2D eigenvalue weighted by molar-refractivity contribution is 0.0527. The Labute approximate surface area is 123 Å². The monoisotopic (exact) mass is 320 g/mol. The van der Waals surface area contributed by atoms with Crippen LogP contribution in [0.1, 0.15) is 41.6 Å². The standard InChI is InChI=1S/C12H20N2O4S2/c1-6-18-12(15)10-8(4)9(5)19-11(10)14-20(16,17)13-7(2)3/h7,13-14H,6H2,1-5H3. The summed E-state index contributed by atoms with van der Waals surface area (Å²) in [5.41, 5.74) is 1.01. The molecule has 0 aromatic carbocycles. The molecule has 0 fully saturated rings. The van der Waals surface area contributed by atoms with E-state index in [1.807, 2.05) is 6.92 Å². The summed E-state index contributed by atoms with van der Waals surface area (Å²) in [6.07, 6.45) is 0. The van der Waals surface area contributed by atoms with E-state index in [9.17, 15) is 13.2 Å². The molecule has 0 bridgehead atoms.